The number of rotatable bonds is 3. The summed E-state index contributed by atoms with van der Waals surface area (Å²) in [5.41, 5.74) is 1.43. The first-order valence-corrected chi connectivity index (χ1v) is 11.5. The number of carbonyl (C=O) groups excluding carboxylic acids is 2. The van der Waals surface area contributed by atoms with E-state index in [1.807, 2.05) is 6.08 Å². The van der Waals surface area contributed by atoms with Gasteiger partial charge in [0.15, 0.2) is 5.78 Å². The lowest BCUT2D eigenvalue weighted by molar-refractivity contribution is -0.134. The van der Waals surface area contributed by atoms with E-state index in [1.165, 1.54) is 5.57 Å². The molecule has 144 valence electrons. The lowest BCUT2D eigenvalue weighted by Gasteiger charge is -2.58. The summed E-state index contributed by atoms with van der Waals surface area (Å²) in [6, 6.07) is 0. The van der Waals surface area contributed by atoms with Crippen LogP contribution >= 0.6 is 25.3 Å². The Bertz CT molecular complexity index is 657. The maximum atomic E-state index is 12.9. The van der Waals surface area contributed by atoms with Gasteiger partial charge in [0.1, 0.15) is 5.78 Å². The molecule has 3 fully saturated rings. The van der Waals surface area contributed by atoms with E-state index < -0.39 is 0 Å². The van der Waals surface area contributed by atoms with E-state index >= 15 is 0 Å². The quantitative estimate of drug-likeness (QED) is 0.668. The molecule has 0 heterocycles. The number of allylic oxidation sites excluding steroid dienone is 1. The highest BCUT2D eigenvalue weighted by Gasteiger charge is 2.61. The zero-order valence-electron chi connectivity index (χ0n) is 16.0. The normalized spacial score (nSPS) is 46.2. The summed E-state index contributed by atoms with van der Waals surface area (Å²) in [6.07, 6.45) is 10.1. The molecule has 0 saturated heterocycles. The molecule has 3 saturated carbocycles. The van der Waals surface area contributed by atoms with Crippen molar-refractivity contribution in [3.63, 3.8) is 0 Å². The first kappa shape index (κ1) is 19.1. The molecule has 7 atom stereocenters. The third-order valence-electron chi connectivity index (χ3n) is 8.50. The van der Waals surface area contributed by atoms with Gasteiger partial charge in [-0.05, 0) is 74.2 Å². The summed E-state index contributed by atoms with van der Waals surface area (Å²) in [6.45, 7) is 4.38. The summed E-state index contributed by atoms with van der Waals surface area (Å²) in [5, 5.41) is 0.270. The van der Waals surface area contributed by atoms with Gasteiger partial charge < -0.3 is 0 Å². The molecule has 0 radical (unpaired) electrons. The molecule has 0 aliphatic heterocycles. The van der Waals surface area contributed by atoms with Crippen LogP contribution in [-0.4, -0.2) is 22.6 Å². The Morgan fingerprint density at radius 1 is 1.19 bits per heavy atom. The van der Waals surface area contributed by atoms with Gasteiger partial charge in [0, 0.05) is 28.8 Å². The van der Waals surface area contributed by atoms with Crippen LogP contribution in [0.1, 0.15) is 65.2 Å². The number of hydrogen-bond donors (Lipinski definition) is 2. The maximum Gasteiger partial charge on any atom is 0.155 e. The van der Waals surface area contributed by atoms with E-state index in [9.17, 15) is 9.59 Å². The van der Waals surface area contributed by atoms with Crippen LogP contribution in [0, 0.1) is 34.5 Å². The number of ketones is 2. The molecule has 2 nitrogen and oxygen atoms in total. The van der Waals surface area contributed by atoms with Crippen LogP contribution in [0.25, 0.3) is 0 Å². The van der Waals surface area contributed by atoms with Gasteiger partial charge in [-0.15, -0.1) is 0 Å². The fourth-order valence-corrected chi connectivity index (χ4v) is 7.80. The molecule has 0 bridgehead atoms. The minimum Gasteiger partial charge on any atom is -0.299 e. The highest BCUT2D eigenvalue weighted by molar-refractivity contribution is 7.84. The van der Waals surface area contributed by atoms with E-state index in [1.54, 1.807) is 0 Å². The maximum absolute atomic E-state index is 12.9. The SMILES string of the molecule is CC1C[C@H]2[C@@H]3CCC4=CC(=O)CC[C@]4(CC(S)CS)[C@@H]3CC[C@]2(C)C1=O. The Labute approximate surface area is 168 Å². The summed E-state index contributed by atoms with van der Waals surface area (Å²) < 4.78 is 0. The van der Waals surface area contributed by atoms with Gasteiger partial charge in [-0.25, -0.2) is 0 Å². The van der Waals surface area contributed by atoms with Crippen LogP contribution in [0.5, 0.6) is 0 Å². The molecule has 4 heteroatoms. The lowest BCUT2D eigenvalue weighted by Crippen LogP contribution is -2.52. The van der Waals surface area contributed by atoms with Crippen molar-refractivity contribution >= 4 is 36.8 Å². The average molecular weight is 393 g/mol. The molecule has 0 aromatic heterocycles. The van der Waals surface area contributed by atoms with Gasteiger partial charge in [0.2, 0.25) is 0 Å². The van der Waals surface area contributed by atoms with E-state index in [-0.39, 0.29) is 22.0 Å². The molecule has 0 N–H and O–H groups in total. The number of hydrogen-bond acceptors (Lipinski definition) is 4. The highest BCUT2D eigenvalue weighted by atomic mass is 32.1. The smallest absolute Gasteiger partial charge is 0.155 e. The minimum absolute atomic E-state index is 0.0998. The van der Waals surface area contributed by atoms with Gasteiger partial charge in [0.25, 0.3) is 0 Å². The van der Waals surface area contributed by atoms with E-state index in [0.29, 0.717) is 35.7 Å². The molecular formula is C22H32O2S2. The van der Waals surface area contributed by atoms with Gasteiger partial charge in [-0.2, -0.15) is 25.3 Å². The lowest BCUT2D eigenvalue weighted by atomic mass is 9.46. The molecule has 0 spiro atoms. The van der Waals surface area contributed by atoms with Crippen LogP contribution < -0.4 is 0 Å². The Hall–Kier alpha value is -0.220. The van der Waals surface area contributed by atoms with E-state index in [2.05, 4.69) is 26.5 Å². The topological polar surface area (TPSA) is 34.1 Å². The second-order valence-corrected chi connectivity index (χ2v) is 10.8. The second-order valence-electron chi connectivity index (χ2n) is 9.71. The highest BCUT2D eigenvalue weighted by Crippen LogP contribution is 2.66. The van der Waals surface area contributed by atoms with Gasteiger partial charge in [-0.3, -0.25) is 9.59 Å². The Kier molecular flexibility index (Phi) is 4.91. The molecule has 26 heavy (non-hydrogen) atoms. The van der Waals surface area contributed by atoms with Gasteiger partial charge in [0.05, 0.1) is 0 Å². The molecule has 2 unspecified atom stereocenters. The first-order chi connectivity index (χ1) is 12.3. The fraction of sp³-hybridized carbons (Fsp3) is 0.818. The zero-order valence-corrected chi connectivity index (χ0v) is 17.8. The van der Waals surface area contributed by atoms with E-state index in [0.717, 1.165) is 50.7 Å². The minimum atomic E-state index is -0.0998. The fourth-order valence-electron chi connectivity index (χ4n) is 7.34. The van der Waals surface area contributed by atoms with E-state index in [4.69, 9.17) is 12.6 Å². The van der Waals surface area contributed by atoms with Crippen LogP contribution in [0.2, 0.25) is 0 Å². The molecule has 4 aliphatic carbocycles. The van der Waals surface area contributed by atoms with Crippen molar-refractivity contribution in [2.24, 2.45) is 34.5 Å². The van der Waals surface area contributed by atoms with Crippen molar-refractivity contribution in [1.82, 2.24) is 0 Å². The monoisotopic (exact) mass is 392 g/mol. The van der Waals surface area contributed by atoms with Crippen molar-refractivity contribution in [1.29, 1.82) is 0 Å². The Balaban J connectivity index is 1.72. The largest absolute Gasteiger partial charge is 0.299 e. The van der Waals surface area contributed by atoms with Crippen molar-refractivity contribution in [2.75, 3.05) is 5.75 Å². The van der Waals surface area contributed by atoms with Crippen molar-refractivity contribution in [3.05, 3.63) is 11.6 Å². The summed E-state index contributed by atoms with van der Waals surface area (Å²) in [7, 11) is 0. The van der Waals surface area contributed by atoms with Crippen LogP contribution in [0.15, 0.2) is 11.6 Å². The Morgan fingerprint density at radius 2 is 1.96 bits per heavy atom. The second kappa shape index (κ2) is 6.69. The summed E-state index contributed by atoms with van der Waals surface area (Å²) in [4.78, 5) is 25.0. The zero-order chi connectivity index (χ0) is 18.7. The first-order valence-electron chi connectivity index (χ1n) is 10.4. The van der Waals surface area contributed by atoms with Gasteiger partial charge in [-0.1, -0.05) is 19.4 Å². The predicted octanol–water partition coefficient (Wildman–Crippen LogP) is 4.93. The van der Waals surface area contributed by atoms with Crippen molar-refractivity contribution < 1.29 is 9.59 Å². The number of fused-ring (bicyclic) bond motifs is 5. The standard InChI is InChI=1S/C22H32O2S2/c1-13-9-19-17-4-3-14-10-15(23)5-8-22(14,11-16(26)12-25)18(17)6-7-21(19,2)20(13)24/h10,13,16-19,25-26H,3-9,11-12H2,1-2H3/t13?,16?,17-,18-,19+,21+,22-/m1/s1. The average Bonchev–Trinajstić information content (AvgIpc) is 2.85. The Morgan fingerprint density at radius 3 is 2.69 bits per heavy atom. The molecule has 0 aromatic carbocycles. The number of thiol groups is 2. The number of Topliss-reactive ketones (excluding diaryl/α,β-unsaturated/α-hetero) is 1. The summed E-state index contributed by atoms with van der Waals surface area (Å²) >= 11 is 9.30. The molecular weight excluding hydrogens is 360 g/mol. The third-order valence-corrected chi connectivity index (χ3v) is 9.60. The summed E-state index contributed by atoms with van der Waals surface area (Å²) in [5.74, 6) is 3.60. The molecule has 4 aliphatic rings. The number of carbonyl (C=O) groups is 2. The third kappa shape index (κ3) is 2.69. The molecule has 0 aromatic rings. The van der Waals surface area contributed by atoms with Crippen LogP contribution in [0.3, 0.4) is 0 Å². The van der Waals surface area contributed by atoms with Crippen molar-refractivity contribution in [3.8, 4) is 0 Å². The molecule has 0 amide bonds. The predicted molar refractivity (Wildman–Crippen MR) is 112 cm³/mol. The van der Waals surface area contributed by atoms with Gasteiger partial charge >= 0.3 is 0 Å². The molecule has 4 rings (SSSR count). The van der Waals surface area contributed by atoms with Crippen LogP contribution in [-0.2, 0) is 9.59 Å². The van der Waals surface area contributed by atoms with Crippen LogP contribution in [0.4, 0.5) is 0 Å². The van der Waals surface area contributed by atoms with Crippen molar-refractivity contribution in [2.45, 2.75) is 70.5 Å².